The van der Waals surface area contributed by atoms with Gasteiger partial charge in [0.25, 0.3) is 0 Å². The maximum atomic E-state index is 10.9. The van der Waals surface area contributed by atoms with E-state index >= 15 is 0 Å². The molecule has 0 aromatic heterocycles. The van der Waals surface area contributed by atoms with Gasteiger partial charge in [-0.05, 0) is 47.5 Å². The number of carbonyl (C=O) groups is 1. The molecule has 0 atom stereocenters. The van der Waals surface area contributed by atoms with E-state index in [4.69, 9.17) is 16.7 Å². The van der Waals surface area contributed by atoms with Gasteiger partial charge in [0.05, 0.1) is 17.5 Å². The Balaban J connectivity index is 2.03. The van der Waals surface area contributed by atoms with Gasteiger partial charge in [-0.3, -0.25) is 5.43 Å². The zero-order valence-corrected chi connectivity index (χ0v) is 11.8. The largest absolute Gasteiger partial charge is 0.478 e. The summed E-state index contributed by atoms with van der Waals surface area (Å²) in [6.07, 6.45) is 1.54. The third-order valence-corrected chi connectivity index (χ3v) is 2.99. The van der Waals surface area contributed by atoms with Crippen molar-refractivity contribution in [1.82, 2.24) is 0 Å². The lowest BCUT2D eigenvalue weighted by atomic mass is 10.1. The number of aromatic carboxylic acids is 1. The van der Waals surface area contributed by atoms with Crippen LogP contribution in [0.3, 0.4) is 0 Å². The summed E-state index contributed by atoms with van der Waals surface area (Å²) in [4.78, 5) is 10.9. The molecular formula is C16H13ClN2O2. The van der Waals surface area contributed by atoms with Crippen molar-refractivity contribution in [3.05, 3.63) is 71.3 Å². The molecule has 5 heteroatoms. The Morgan fingerprint density at radius 3 is 2.52 bits per heavy atom. The minimum absolute atomic E-state index is 0.215. The number of hydrogen-bond donors (Lipinski definition) is 2. The van der Waals surface area contributed by atoms with E-state index in [1.54, 1.807) is 42.5 Å². The van der Waals surface area contributed by atoms with Crippen LogP contribution in [0, 0.1) is 0 Å². The fourth-order valence-corrected chi connectivity index (χ4v) is 1.76. The average Bonchev–Trinajstić information content (AvgIpc) is 2.49. The zero-order valence-electron chi connectivity index (χ0n) is 11.1. The Morgan fingerprint density at radius 2 is 1.86 bits per heavy atom. The maximum Gasteiger partial charge on any atom is 0.335 e. The molecule has 2 N–H and O–H groups in total. The monoisotopic (exact) mass is 300 g/mol. The Hall–Kier alpha value is -2.59. The van der Waals surface area contributed by atoms with Crippen molar-refractivity contribution >= 4 is 35.0 Å². The number of nitrogens with one attached hydrogen (secondary N) is 1. The van der Waals surface area contributed by atoms with Crippen molar-refractivity contribution in [2.45, 2.75) is 0 Å². The predicted molar refractivity (Wildman–Crippen MR) is 86.0 cm³/mol. The van der Waals surface area contributed by atoms with Crippen molar-refractivity contribution in [3.63, 3.8) is 0 Å². The van der Waals surface area contributed by atoms with Crippen LogP contribution in [0.5, 0.6) is 0 Å². The number of halogens is 1. The number of nitrogens with zero attached hydrogens (tertiary/aromatic N) is 1. The van der Waals surface area contributed by atoms with Gasteiger partial charge in [-0.25, -0.2) is 4.79 Å². The van der Waals surface area contributed by atoms with Crippen LogP contribution >= 0.6 is 11.6 Å². The Labute approximate surface area is 127 Å². The average molecular weight is 301 g/mol. The summed E-state index contributed by atoms with van der Waals surface area (Å²) in [7, 11) is 0. The first kappa shape index (κ1) is 14.8. The van der Waals surface area contributed by atoms with Crippen LogP contribution in [-0.4, -0.2) is 17.3 Å². The fourth-order valence-electron chi connectivity index (χ4n) is 1.64. The molecule has 0 bridgehead atoms. The summed E-state index contributed by atoms with van der Waals surface area (Å²) in [5.41, 5.74) is 5.17. The number of hydrogen-bond acceptors (Lipinski definition) is 3. The number of allylic oxidation sites excluding steroid dienone is 1. The minimum Gasteiger partial charge on any atom is -0.478 e. The quantitative estimate of drug-likeness (QED) is 0.644. The highest BCUT2D eigenvalue weighted by Gasteiger charge is 2.04. The standard InChI is InChI=1S/C16H13ClN2O2/c1-11(12-3-2-4-13(9-12)16(20)21)10-18-19-15-7-5-14(17)6-8-15/h2-10,19H,1H2,(H,20,21)/b18-10-. The number of rotatable bonds is 5. The molecule has 0 aliphatic carbocycles. The molecular weight excluding hydrogens is 288 g/mol. The van der Waals surface area contributed by atoms with Gasteiger partial charge in [-0.1, -0.05) is 30.3 Å². The third-order valence-electron chi connectivity index (χ3n) is 2.74. The van der Waals surface area contributed by atoms with Crippen LogP contribution in [0.25, 0.3) is 5.57 Å². The number of benzene rings is 2. The van der Waals surface area contributed by atoms with Crippen LogP contribution in [0.1, 0.15) is 15.9 Å². The normalized spacial score (nSPS) is 10.5. The lowest BCUT2D eigenvalue weighted by Gasteiger charge is -2.03. The summed E-state index contributed by atoms with van der Waals surface area (Å²) in [6.45, 7) is 3.87. The van der Waals surface area contributed by atoms with E-state index in [0.29, 0.717) is 16.2 Å². The zero-order chi connectivity index (χ0) is 15.2. The van der Waals surface area contributed by atoms with E-state index in [1.807, 2.05) is 0 Å². The van der Waals surface area contributed by atoms with E-state index in [2.05, 4.69) is 17.1 Å². The van der Waals surface area contributed by atoms with E-state index < -0.39 is 5.97 Å². The van der Waals surface area contributed by atoms with Crippen LogP contribution in [0.2, 0.25) is 5.02 Å². The van der Waals surface area contributed by atoms with E-state index in [-0.39, 0.29) is 5.56 Å². The SMILES string of the molecule is C=C(/C=N\Nc1ccc(Cl)cc1)c1cccc(C(=O)O)c1. The van der Waals surface area contributed by atoms with Crippen LogP contribution in [0.15, 0.2) is 60.2 Å². The van der Waals surface area contributed by atoms with Crippen molar-refractivity contribution in [2.75, 3.05) is 5.43 Å². The second kappa shape index (κ2) is 6.72. The summed E-state index contributed by atoms with van der Waals surface area (Å²) in [5, 5.41) is 13.7. The molecule has 21 heavy (non-hydrogen) atoms. The molecule has 0 spiro atoms. The van der Waals surface area contributed by atoms with Gasteiger partial charge in [-0.15, -0.1) is 0 Å². The third kappa shape index (κ3) is 4.19. The Kier molecular flexibility index (Phi) is 4.74. The molecule has 0 fully saturated rings. The molecule has 2 rings (SSSR count). The molecule has 0 radical (unpaired) electrons. The van der Waals surface area contributed by atoms with Gasteiger partial charge in [-0.2, -0.15) is 5.10 Å². The molecule has 0 aliphatic rings. The molecule has 4 nitrogen and oxygen atoms in total. The lowest BCUT2D eigenvalue weighted by molar-refractivity contribution is 0.0697. The molecule has 0 unspecified atom stereocenters. The van der Waals surface area contributed by atoms with Gasteiger partial charge >= 0.3 is 5.97 Å². The molecule has 0 aliphatic heterocycles. The van der Waals surface area contributed by atoms with Crippen molar-refractivity contribution in [1.29, 1.82) is 0 Å². The molecule has 106 valence electrons. The molecule has 0 heterocycles. The maximum absolute atomic E-state index is 10.9. The van der Waals surface area contributed by atoms with Gasteiger partial charge < -0.3 is 5.11 Å². The summed E-state index contributed by atoms with van der Waals surface area (Å²) >= 11 is 5.79. The summed E-state index contributed by atoms with van der Waals surface area (Å²) in [6, 6.07) is 13.6. The van der Waals surface area contributed by atoms with E-state index in [9.17, 15) is 4.79 Å². The lowest BCUT2D eigenvalue weighted by Crippen LogP contribution is -1.97. The number of carboxylic acids is 1. The summed E-state index contributed by atoms with van der Waals surface area (Å²) in [5.74, 6) is -0.971. The van der Waals surface area contributed by atoms with Crippen LogP contribution < -0.4 is 5.43 Å². The van der Waals surface area contributed by atoms with Crippen molar-refractivity contribution in [2.24, 2.45) is 5.10 Å². The first-order chi connectivity index (χ1) is 10.1. The fraction of sp³-hybridized carbons (Fsp3) is 0. The van der Waals surface area contributed by atoms with Gasteiger partial charge in [0.15, 0.2) is 0 Å². The number of anilines is 1. The van der Waals surface area contributed by atoms with Crippen molar-refractivity contribution in [3.8, 4) is 0 Å². The van der Waals surface area contributed by atoms with E-state index in [1.165, 1.54) is 12.3 Å². The van der Waals surface area contributed by atoms with Gasteiger partial charge in [0.2, 0.25) is 0 Å². The Morgan fingerprint density at radius 1 is 1.19 bits per heavy atom. The van der Waals surface area contributed by atoms with Crippen molar-refractivity contribution < 1.29 is 9.90 Å². The topological polar surface area (TPSA) is 61.7 Å². The van der Waals surface area contributed by atoms with E-state index in [0.717, 1.165) is 5.69 Å². The van der Waals surface area contributed by atoms with Crippen LogP contribution in [0.4, 0.5) is 5.69 Å². The second-order valence-corrected chi connectivity index (χ2v) is 4.72. The molecule has 0 saturated carbocycles. The summed E-state index contributed by atoms with van der Waals surface area (Å²) < 4.78 is 0. The molecule has 2 aromatic carbocycles. The molecule has 0 saturated heterocycles. The second-order valence-electron chi connectivity index (χ2n) is 4.29. The smallest absolute Gasteiger partial charge is 0.335 e. The highest BCUT2D eigenvalue weighted by atomic mass is 35.5. The first-order valence-electron chi connectivity index (χ1n) is 6.13. The number of hydrazone groups is 1. The predicted octanol–water partition coefficient (Wildman–Crippen LogP) is 4.15. The van der Waals surface area contributed by atoms with Gasteiger partial charge in [0.1, 0.15) is 0 Å². The molecule has 2 aromatic rings. The van der Waals surface area contributed by atoms with Gasteiger partial charge in [0, 0.05) is 5.02 Å². The highest BCUT2D eigenvalue weighted by Crippen LogP contribution is 2.15. The molecule has 0 amide bonds. The first-order valence-corrected chi connectivity index (χ1v) is 6.51. The minimum atomic E-state index is -0.971. The number of carboxylic acid groups (broad SMARTS) is 1. The Bertz CT molecular complexity index is 694. The highest BCUT2D eigenvalue weighted by molar-refractivity contribution is 6.30. The van der Waals surface area contributed by atoms with Crippen LogP contribution in [-0.2, 0) is 0 Å².